The molecule has 0 bridgehead atoms. The first-order valence-corrected chi connectivity index (χ1v) is 7.62. The Labute approximate surface area is 139 Å². The van der Waals surface area contributed by atoms with Gasteiger partial charge >= 0.3 is 13.3 Å². The molecule has 136 valence electrons. The summed E-state index contributed by atoms with van der Waals surface area (Å²) in [5.41, 5.74) is -0.949. The van der Waals surface area contributed by atoms with E-state index < -0.39 is 42.8 Å². The first-order chi connectivity index (χ1) is 10.9. The standard InChI is InChI=1S/C13H16BF4NO3.C2H6/c1-11(2)12(3,4)22-14(21-11)8-5-9(15)10(19-6-8)20-7-13(16,17)18;1-2/h5-6H,7H2,1-4H3;1-2H3. The number of rotatable bonds is 3. The highest BCUT2D eigenvalue weighted by Crippen LogP contribution is 2.36. The molecule has 1 saturated heterocycles. The van der Waals surface area contributed by atoms with E-state index >= 15 is 0 Å². The molecule has 2 rings (SSSR count). The SMILES string of the molecule is CC.CC1(C)OB(c2cnc(OCC(F)(F)F)c(F)c2)OC1(C)C. The number of hydrogen-bond acceptors (Lipinski definition) is 4. The van der Waals surface area contributed by atoms with Gasteiger partial charge in [0.2, 0.25) is 0 Å². The highest BCUT2D eigenvalue weighted by molar-refractivity contribution is 6.62. The summed E-state index contributed by atoms with van der Waals surface area (Å²) in [5.74, 6) is -1.71. The molecule has 0 amide bonds. The van der Waals surface area contributed by atoms with E-state index in [1.54, 1.807) is 0 Å². The second kappa shape index (κ2) is 7.27. The van der Waals surface area contributed by atoms with Crippen molar-refractivity contribution in [2.75, 3.05) is 6.61 Å². The molecule has 0 radical (unpaired) electrons. The second-order valence-electron chi connectivity index (χ2n) is 6.05. The summed E-state index contributed by atoms with van der Waals surface area (Å²) in [6.07, 6.45) is -3.38. The van der Waals surface area contributed by atoms with E-state index in [9.17, 15) is 17.6 Å². The molecule has 0 aromatic carbocycles. The molecule has 0 unspecified atom stereocenters. The summed E-state index contributed by atoms with van der Waals surface area (Å²) in [6.45, 7) is 9.72. The van der Waals surface area contributed by atoms with Gasteiger partial charge < -0.3 is 14.0 Å². The number of halogens is 4. The molecule has 4 nitrogen and oxygen atoms in total. The van der Waals surface area contributed by atoms with Crippen molar-refractivity contribution >= 4 is 12.6 Å². The van der Waals surface area contributed by atoms with Crippen LogP contribution in [-0.2, 0) is 9.31 Å². The van der Waals surface area contributed by atoms with Gasteiger partial charge in [0.25, 0.3) is 5.88 Å². The van der Waals surface area contributed by atoms with E-state index in [0.717, 1.165) is 6.07 Å². The zero-order chi connectivity index (χ0) is 18.8. The van der Waals surface area contributed by atoms with E-state index in [4.69, 9.17) is 9.31 Å². The Morgan fingerprint density at radius 2 is 1.62 bits per heavy atom. The lowest BCUT2D eigenvalue weighted by atomic mass is 9.80. The molecule has 0 spiro atoms. The van der Waals surface area contributed by atoms with Gasteiger partial charge in [-0.15, -0.1) is 0 Å². The predicted octanol–water partition coefficient (Wildman–Crippen LogP) is 3.49. The third-order valence-corrected chi connectivity index (χ3v) is 3.73. The van der Waals surface area contributed by atoms with Crippen LogP contribution >= 0.6 is 0 Å². The van der Waals surface area contributed by atoms with Crippen LogP contribution < -0.4 is 10.2 Å². The maximum absolute atomic E-state index is 13.8. The Morgan fingerprint density at radius 1 is 1.12 bits per heavy atom. The molecule has 24 heavy (non-hydrogen) atoms. The van der Waals surface area contributed by atoms with Gasteiger partial charge in [-0.05, 0) is 33.8 Å². The van der Waals surface area contributed by atoms with Gasteiger partial charge in [0, 0.05) is 11.7 Å². The molecule has 9 heteroatoms. The minimum absolute atomic E-state index is 0.274. The van der Waals surface area contributed by atoms with Crippen LogP contribution in [0.3, 0.4) is 0 Å². The monoisotopic (exact) mass is 351 g/mol. The Bertz CT molecular complexity index is 548. The van der Waals surface area contributed by atoms with E-state index in [-0.39, 0.29) is 5.46 Å². The maximum atomic E-state index is 13.8. The Morgan fingerprint density at radius 3 is 2.04 bits per heavy atom. The van der Waals surface area contributed by atoms with Gasteiger partial charge in [-0.3, -0.25) is 0 Å². The second-order valence-corrected chi connectivity index (χ2v) is 6.05. The van der Waals surface area contributed by atoms with Crippen molar-refractivity contribution in [3.63, 3.8) is 0 Å². The highest BCUT2D eigenvalue weighted by atomic mass is 19.4. The van der Waals surface area contributed by atoms with Crippen molar-refractivity contribution in [1.29, 1.82) is 0 Å². The summed E-state index contributed by atoms with van der Waals surface area (Å²) < 4.78 is 65.7. The average molecular weight is 351 g/mol. The van der Waals surface area contributed by atoms with Gasteiger partial charge in [-0.2, -0.15) is 13.2 Å². The normalized spacial score (nSPS) is 18.8. The van der Waals surface area contributed by atoms with Crippen LogP contribution in [0.5, 0.6) is 5.88 Å². The number of nitrogens with zero attached hydrogens (tertiary/aromatic N) is 1. The first kappa shape index (κ1) is 20.7. The number of ether oxygens (including phenoxy) is 1. The third kappa shape index (κ3) is 4.83. The van der Waals surface area contributed by atoms with Gasteiger partial charge in [0.15, 0.2) is 12.4 Å². The Balaban J connectivity index is 0.00000139. The Hall–Kier alpha value is -1.35. The summed E-state index contributed by atoms with van der Waals surface area (Å²) in [6, 6.07) is 1.00. The molecule has 1 aliphatic rings. The zero-order valence-corrected chi connectivity index (χ0v) is 14.6. The largest absolute Gasteiger partial charge is 0.496 e. The lowest BCUT2D eigenvalue weighted by Crippen LogP contribution is -2.41. The van der Waals surface area contributed by atoms with E-state index in [0.29, 0.717) is 0 Å². The van der Waals surface area contributed by atoms with Crippen LogP contribution in [0.25, 0.3) is 0 Å². The number of alkyl halides is 3. The van der Waals surface area contributed by atoms with E-state index in [1.165, 1.54) is 6.20 Å². The molecule has 0 N–H and O–H groups in total. The van der Waals surface area contributed by atoms with Crippen molar-refractivity contribution in [2.45, 2.75) is 58.9 Å². The molecule has 0 saturated carbocycles. The van der Waals surface area contributed by atoms with Crippen molar-refractivity contribution < 1.29 is 31.6 Å². The van der Waals surface area contributed by atoms with Crippen LogP contribution in [0.1, 0.15) is 41.5 Å². The molecule has 1 fully saturated rings. The van der Waals surface area contributed by atoms with Gasteiger partial charge in [0.1, 0.15) is 0 Å². The van der Waals surface area contributed by atoms with Crippen molar-refractivity contribution in [2.24, 2.45) is 0 Å². The molecule has 1 aliphatic heterocycles. The van der Waals surface area contributed by atoms with Gasteiger partial charge in [0.05, 0.1) is 11.2 Å². The summed E-state index contributed by atoms with van der Waals surface area (Å²) >= 11 is 0. The lowest BCUT2D eigenvalue weighted by Gasteiger charge is -2.32. The lowest BCUT2D eigenvalue weighted by molar-refractivity contribution is -0.154. The minimum atomic E-state index is -4.56. The topological polar surface area (TPSA) is 40.6 Å². The van der Waals surface area contributed by atoms with Gasteiger partial charge in [-0.1, -0.05) is 13.8 Å². The van der Waals surface area contributed by atoms with E-state index in [1.807, 2.05) is 41.5 Å². The van der Waals surface area contributed by atoms with Crippen molar-refractivity contribution in [1.82, 2.24) is 4.98 Å². The predicted molar refractivity (Wildman–Crippen MR) is 82.8 cm³/mol. The quantitative estimate of drug-likeness (QED) is 0.618. The molecular weight excluding hydrogens is 329 g/mol. The zero-order valence-electron chi connectivity index (χ0n) is 14.6. The first-order valence-electron chi connectivity index (χ1n) is 7.62. The summed E-state index contributed by atoms with van der Waals surface area (Å²) in [7, 11) is -0.844. The molecule has 1 aromatic heterocycles. The molecule has 2 heterocycles. The number of hydrogen-bond donors (Lipinski definition) is 0. The molecule has 1 aromatic rings. The minimum Gasteiger partial charge on any atom is -0.466 e. The van der Waals surface area contributed by atoms with Crippen molar-refractivity contribution in [3.05, 3.63) is 18.1 Å². The maximum Gasteiger partial charge on any atom is 0.496 e. The molecule has 0 aliphatic carbocycles. The average Bonchev–Trinajstić information content (AvgIpc) is 2.67. The Kier molecular flexibility index (Phi) is 6.27. The fourth-order valence-electron chi connectivity index (χ4n) is 1.80. The van der Waals surface area contributed by atoms with Crippen LogP contribution in [0.4, 0.5) is 17.6 Å². The van der Waals surface area contributed by atoms with Crippen LogP contribution in [0.15, 0.2) is 12.3 Å². The smallest absolute Gasteiger partial charge is 0.466 e. The summed E-state index contributed by atoms with van der Waals surface area (Å²) in [5, 5.41) is 0. The highest BCUT2D eigenvalue weighted by Gasteiger charge is 2.52. The van der Waals surface area contributed by atoms with Crippen LogP contribution in [0, 0.1) is 5.82 Å². The summed E-state index contributed by atoms with van der Waals surface area (Å²) in [4.78, 5) is 3.56. The number of pyridine rings is 1. The molecular formula is C15H22BF4NO3. The van der Waals surface area contributed by atoms with Crippen LogP contribution in [-0.4, -0.2) is 36.1 Å². The van der Waals surface area contributed by atoms with Gasteiger partial charge in [-0.25, -0.2) is 9.37 Å². The number of aromatic nitrogens is 1. The third-order valence-electron chi connectivity index (χ3n) is 3.73. The van der Waals surface area contributed by atoms with Crippen LogP contribution in [0.2, 0.25) is 0 Å². The van der Waals surface area contributed by atoms with E-state index in [2.05, 4.69) is 9.72 Å². The fraction of sp³-hybridized carbons (Fsp3) is 0.667. The van der Waals surface area contributed by atoms with Crippen molar-refractivity contribution in [3.8, 4) is 5.88 Å². The molecule has 0 atom stereocenters. The fourth-order valence-corrected chi connectivity index (χ4v) is 1.80.